The number of hydrogen-bond donors (Lipinski definition) is 0. The zero-order valence-electron chi connectivity index (χ0n) is 18.9. The molecule has 3 aromatic carbocycles. The number of carbonyl (C=O) groups is 2. The quantitative estimate of drug-likeness (QED) is 0.421. The van der Waals surface area contributed by atoms with Gasteiger partial charge in [0.05, 0.1) is 11.0 Å². The average molecular weight is 457 g/mol. The first-order chi connectivity index (χ1) is 16.5. The second-order valence-corrected chi connectivity index (χ2v) is 8.40. The number of imidazole rings is 1. The van der Waals surface area contributed by atoms with E-state index in [0.717, 1.165) is 22.5 Å². The van der Waals surface area contributed by atoms with E-state index in [2.05, 4.69) is 0 Å². The van der Waals surface area contributed by atoms with Crippen molar-refractivity contribution < 1.29 is 14.0 Å². The Balaban J connectivity index is 1.47. The van der Waals surface area contributed by atoms with Crippen LogP contribution < -0.4 is 9.80 Å². The Bertz CT molecular complexity index is 1330. The first-order valence-corrected chi connectivity index (χ1v) is 11.4. The van der Waals surface area contributed by atoms with Crippen molar-refractivity contribution in [3.8, 4) is 0 Å². The van der Waals surface area contributed by atoms with Gasteiger partial charge in [-0.1, -0.05) is 30.3 Å². The van der Waals surface area contributed by atoms with E-state index in [1.165, 1.54) is 12.1 Å². The SMILES string of the molecule is CCN(C(=O)Cn1c(C2CC(=O)N(c3ccc(F)cc3)C2)nc2ccccc21)c1ccccc1. The smallest absolute Gasteiger partial charge is 0.246 e. The lowest BCUT2D eigenvalue weighted by atomic mass is 10.1. The zero-order valence-corrected chi connectivity index (χ0v) is 18.9. The fraction of sp³-hybridized carbons (Fsp3) is 0.222. The Morgan fingerprint density at radius 1 is 1.03 bits per heavy atom. The van der Waals surface area contributed by atoms with Gasteiger partial charge in [-0.25, -0.2) is 9.37 Å². The van der Waals surface area contributed by atoms with E-state index >= 15 is 0 Å². The highest BCUT2D eigenvalue weighted by atomic mass is 19.1. The summed E-state index contributed by atoms with van der Waals surface area (Å²) in [6.07, 6.45) is 0.283. The van der Waals surface area contributed by atoms with E-state index < -0.39 is 0 Å². The largest absolute Gasteiger partial charge is 0.318 e. The summed E-state index contributed by atoms with van der Waals surface area (Å²) in [6.45, 7) is 3.05. The highest BCUT2D eigenvalue weighted by Crippen LogP contribution is 2.33. The molecule has 1 fully saturated rings. The molecule has 0 spiro atoms. The van der Waals surface area contributed by atoms with Crippen molar-refractivity contribution in [2.45, 2.75) is 25.8 Å². The first-order valence-electron chi connectivity index (χ1n) is 11.4. The summed E-state index contributed by atoms with van der Waals surface area (Å²) in [5.74, 6) is 0.117. The molecule has 0 bridgehead atoms. The molecule has 1 aliphatic rings. The van der Waals surface area contributed by atoms with Crippen molar-refractivity contribution in [1.82, 2.24) is 9.55 Å². The highest BCUT2D eigenvalue weighted by Gasteiger charge is 2.35. The van der Waals surface area contributed by atoms with Crippen molar-refractivity contribution in [3.05, 3.63) is 90.5 Å². The van der Waals surface area contributed by atoms with Gasteiger partial charge in [0.15, 0.2) is 0 Å². The number of likely N-dealkylation sites (N-methyl/N-ethyl adjacent to an activating group) is 1. The van der Waals surface area contributed by atoms with Crippen LogP contribution in [0, 0.1) is 5.82 Å². The van der Waals surface area contributed by atoms with E-state index in [0.29, 0.717) is 18.8 Å². The van der Waals surface area contributed by atoms with Gasteiger partial charge in [0, 0.05) is 36.8 Å². The third-order valence-corrected chi connectivity index (χ3v) is 6.29. The number of carbonyl (C=O) groups excluding carboxylic acids is 2. The first kappa shape index (κ1) is 21.8. The molecule has 2 amide bonds. The number of hydrogen-bond acceptors (Lipinski definition) is 3. The molecule has 0 radical (unpaired) electrons. The van der Waals surface area contributed by atoms with Gasteiger partial charge in [0.1, 0.15) is 18.2 Å². The Hall–Kier alpha value is -4.00. The topological polar surface area (TPSA) is 58.4 Å². The summed E-state index contributed by atoms with van der Waals surface area (Å²) in [6, 6.07) is 23.2. The Morgan fingerprint density at radius 2 is 1.74 bits per heavy atom. The molecule has 0 N–H and O–H groups in total. The van der Waals surface area contributed by atoms with Gasteiger partial charge < -0.3 is 14.4 Å². The fourth-order valence-corrected chi connectivity index (χ4v) is 4.65. The Kier molecular flexibility index (Phi) is 5.84. The maximum absolute atomic E-state index is 13.4. The van der Waals surface area contributed by atoms with Crippen LogP contribution in [0.2, 0.25) is 0 Å². The van der Waals surface area contributed by atoms with Crippen LogP contribution in [-0.4, -0.2) is 34.5 Å². The minimum atomic E-state index is -0.342. The summed E-state index contributed by atoms with van der Waals surface area (Å²) in [4.78, 5) is 34.5. The molecule has 5 rings (SSSR count). The monoisotopic (exact) mass is 456 g/mol. The number of fused-ring (bicyclic) bond motifs is 1. The number of anilines is 2. The molecule has 1 atom stereocenters. The van der Waals surface area contributed by atoms with Gasteiger partial charge in [0.2, 0.25) is 11.8 Å². The normalized spacial score (nSPS) is 15.8. The minimum absolute atomic E-state index is 0.0407. The molecule has 1 unspecified atom stereocenters. The standard InChI is InChI=1S/C27H25FN4O2/c1-2-30(21-8-4-3-5-9-21)26(34)18-32-24-11-7-6-10-23(24)29-27(32)19-16-25(33)31(17-19)22-14-12-20(28)13-15-22/h3-15,19H,2,16-18H2,1H3. The predicted octanol–water partition coefficient (Wildman–Crippen LogP) is 4.75. The van der Waals surface area contributed by atoms with Crippen molar-refractivity contribution in [1.29, 1.82) is 0 Å². The van der Waals surface area contributed by atoms with Crippen molar-refractivity contribution in [3.63, 3.8) is 0 Å². The van der Waals surface area contributed by atoms with Gasteiger partial charge in [-0.2, -0.15) is 0 Å². The number of para-hydroxylation sites is 3. The van der Waals surface area contributed by atoms with Crippen LogP contribution in [-0.2, 0) is 16.1 Å². The van der Waals surface area contributed by atoms with Crippen LogP contribution >= 0.6 is 0 Å². The molecular formula is C27H25FN4O2. The molecule has 34 heavy (non-hydrogen) atoms. The van der Waals surface area contributed by atoms with Crippen molar-refractivity contribution >= 4 is 34.2 Å². The van der Waals surface area contributed by atoms with E-state index in [9.17, 15) is 14.0 Å². The lowest BCUT2D eigenvalue weighted by molar-refractivity contribution is -0.119. The second-order valence-electron chi connectivity index (χ2n) is 8.40. The third kappa shape index (κ3) is 4.05. The number of amides is 2. The Morgan fingerprint density at radius 3 is 2.47 bits per heavy atom. The molecule has 0 aliphatic carbocycles. The van der Waals surface area contributed by atoms with Crippen LogP contribution in [0.4, 0.5) is 15.8 Å². The van der Waals surface area contributed by atoms with Crippen LogP contribution in [0.3, 0.4) is 0 Å². The third-order valence-electron chi connectivity index (χ3n) is 6.29. The van der Waals surface area contributed by atoms with Gasteiger partial charge >= 0.3 is 0 Å². The molecular weight excluding hydrogens is 431 g/mol. The number of nitrogens with zero attached hydrogens (tertiary/aromatic N) is 4. The molecule has 7 heteroatoms. The van der Waals surface area contributed by atoms with E-state index in [-0.39, 0.29) is 36.5 Å². The Labute approximate surface area is 197 Å². The van der Waals surface area contributed by atoms with Crippen LogP contribution in [0.5, 0.6) is 0 Å². The molecule has 1 aliphatic heterocycles. The van der Waals surface area contributed by atoms with Gasteiger partial charge in [-0.3, -0.25) is 9.59 Å². The highest BCUT2D eigenvalue weighted by molar-refractivity contribution is 5.97. The van der Waals surface area contributed by atoms with Crippen LogP contribution in [0.25, 0.3) is 11.0 Å². The average Bonchev–Trinajstić information content (AvgIpc) is 3.41. The molecule has 172 valence electrons. The summed E-state index contributed by atoms with van der Waals surface area (Å²) in [5, 5.41) is 0. The number of halogens is 1. The van der Waals surface area contributed by atoms with Gasteiger partial charge in [0.25, 0.3) is 0 Å². The minimum Gasteiger partial charge on any atom is -0.318 e. The second kappa shape index (κ2) is 9.09. The summed E-state index contributed by atoms with van der Waals surface area (Å²) in [5.41, 5.74) is 3.16. The van der Waals surface area contributed by atoms with Gasteiger partial charge in [-0.05, 0) is 55.5 Å². The number of benzene rings is 3. The maximum atomic E-state index is 13.4. The fourth-order valence-electron chi connectivity index (χ4n) is 4.65. The summed E-state index contributed by atoms with van der Waals surface area (Å²) in [7, 11) is 0. The zero-order chi connectivity index (χ0) is 23.7. The molecule has 4 aromatic rings. The molecule has 1 aromatic heterocycles. The van der Waals surface area contributed by atoms with Crippen molar-refractivity contribution in [2.75, 3.05) is 22.9 Å². The number of aromatic nitrogens is 2. The lowest BCUT2D eigenvalue weighted by Gasteiger charge is -2.23. The van der Waals surface area contributed by atoms with Gasteiger partial charge in [-0.15, -0.1) is 0 Å². The van der Waals surface area contributed by atoms with E-state index in [1.807, 2.05) is 66.1 Å². The lowest BCUT2D eigenvalue weighted by Crippen LogP contribution is -2.34. The molecule has 2 heterocycles. The molecule has 0 saturated carbocycles. The summed E-state index contributed by atoms with van der Waals surface area (Å²) < 4.78 is 15.3. The number of rotatable bonds is 6. The van der Waals surface area contributed by atoms with Crippen molar-refractivity contribution in [2.24, 2.45) is 0 Å². The maximum Gasteiger partial charge on any atom is 0.246 e. The summed E-state index contributed by atoms with van der Waals surface area (Å²) >= 11 is 0. The van der Waals surface area contributed by atoms with E-state index in [4.69, 9.17) is 4.98 Å². The molecule has 1 saturated heterocycles. The molecule has 6 nitrogen and oxygen atoms in total. The van der Waals surface area contributed by atoms with Crippen LogP contribution in [0.1, 0.15) is 25.1 Å². The van der Waals surface area contributed by atoms with Crippen LogP contribution in [0.15, 0.2) is 78.9 Å². The predicted molar refractivity (Wildman–Crippen MR) is 130 cm³/mol. The van der Waals surface area contributed by atoms with E-state index in [1.54, 1.807) is 21.9 Å².